The van der Waals surface area contributed by atoms with Gasteiger partial charge >= 0.3 is 5.97 Å². The number of esters is 1. The third-order valence-corrected chi connectivity index (χ3v) is 3.44. The number of nitrogens with one attached hydrogen (secondary N) is 1. The molecule has 2 atom stereocenters. The minimum atomic E-state index is -0.402. The third kappa shape index (κ3) is 4.22. The lowest BCUT2D eigenvalue weighted by Crippen LogP contribution is -2.28. The average molecular weight is 276 g/mol. The molecule has 4 nitrogen and oxygen atoms in total. The molecule has 1 saturated carbocycles. The van der Waals surface area contributed by atoms with Crippen LogP contribution in [0.4, 0.5) is 5.82 Å². The van der Waals surface area contributed by atoms with Gasteiger partial charge in [0, 0.05) is 12.2 Å². The molecule has 1 aromatic heterocycles. The van der Waals surface area contributed by atoms with Crippen molar-refractivity contribution < 1.29 is 9.53 Å². The van der Waals surface area contributed by atoms with Crippen molar-refractivity contribution in [1.29, 1.82) is 0 Å². The Morgan fingerprint density at radius 1 is 1.35 bits per heavy atom. The molecule has 0 aliphatic heterocycles. The Morgan fingerprint density at radius 2 is 2.10 bits per heavy atom. The van der Waals surface area contributed by atoms with E-state index < -0.39 is 5.60 Å². The van der Waals surface area contributed by atoms with Crippen LogP contribution in [-0.4, -0.2) is 22.6 Å². The Kier molecular flexibility index (Phi) is 4.31. The first-order valence-electron chi connectivity index (χ1n) is 7.25. The van der Waals surface area contributed by atoms with Crippen molar-refractivity contribution in [3.63, 3.8) is 0 Å². The minimum Gasteiger partial charge on any atom is -0.460 e. The molecule has 0 aromatic carbocycles. The number of anilines is 1. The molecule has 1 heterocycles. The normalized spacial score (nSPS) is 22.6. The molecule has 1 aliphatic carbocycles. The molecule has 0 saturated heterocycles. The number of pyridine rings is 1. The van der Waals surface area contributed by atoms with Crippen LogP contribution in [0.15, 0.2) is 18.3 Å². The lowest BCUT2D eigenvalue weighted by Gasteiger charge is -2.22. The molecule has 1 aromatic rings. The minimum absolute atomic E-state index is 0.0113. The van der Waals surface area contributed by atoms with Gasteiger partial charge < -0.3 is 10.1 Å². The summed E-state index contributed by atoms with van der Waals surface area (Å²) in [7, 11) is 0. The van der Waals surface area contributed by atoms with Crippen molar-refractivity contribution in [3.05, 3.63) is 23.9 Å². The number of carbonyl (C=O) groups excluding carboxylic acids is 1. The number of rotatable bonds is 3. The maximum Gasteiger partial charge on any atom is 0.309 e. The fourth-order valence-electron chi connectivity index (χ4n) is 2.47. The van der Waals surface area contributed by atoms with Crippen LogP contribution in [0.25, 0.3) is 0 Å². The first-order valence-corrected chi connectivity index (χ1v) is 7.25. The summed E-state index contributed by atoms with van der Waals surface area (Å²) in [6.07, 6.45) is 4.55. The summed E-state index contributed by atoms with van der Waals surface area (Å²) in [5.74, 6) is 0.821. The van der Waals surface area contributed by atoms with Gasteiger partial charge in [0.25, 0.3) is 0 Å². The van der Waals surface area contributed by atoms with Crippen molar-refractivity contribution in [3.8, 4) is 0 Å². The molecule has 110 valence electrons. The van der Waals surface area contributed by atoms with E-state index in [4.69, 9.17) is 4.74 Å². The van der Waals surface area contributed by atoms with Gasteiger partial charge in [-0.1, -0.05) is 6.07 Å². The standard InChI is InChI=1S/C16H24N2O2/c1-11-5-8-14(17-10-11)18-13-7-6-12(9-13)15(19)20-16(2,3)4/h5,8,10,12-13H,6-7,9H2,1-4H3,(H,17,18)/t12-,13+/m1/s1. The molecule has 0 spiro atoms. The number of hydrogen-bond acceptors (Lipinski definition) is 4. The summed E-state index contributed by atoms with van der Waals surface area (Å²) in [5, 5.41) is 3.40. The van der Waals surface area contributed by atoms with Gasteiger partial charge in [0.15, 0.2) is 0 Å². The highest BCUT2D eigenvalue weighted by Crippen LogP contribution is 2.30. The van der Waals surface area contributed by atoms with E-state index in [1.165, 1.54) is 0 Å². The Balaban J connectivity index is 1.86. The van der Waals surface area contributed by atoms with Crippen molar-refractivity contribution in [2.45, 2.75) is 58.6 Å². The lowest BCUT2D eigenvalue weighted by molar-refractivity contribution is -0.159. The summed E-state index contributed by atoms with van der Waals surface area (Å²) in [5.41, 5.74) is 0.745. The molecule has 0 amide bonds. The monoisotopic (exact) mass is 276 g/mol. The predicted octanol–water partition coefficient (Wildman–Crippen LogP) is 3.31. The largest absolute Gasteiger partial charge is 0.460 e. The summed E-state index contributed by atoms with van der Waals surface area (Å²) < 4.78 is 5.45. The molecule has 20 heavy (non-hydrogen) atoms. The van der Waals surface area contributed by atoms with Gasteiger partial charge in [0.2, 0.25) is 0 Å². The van der Waals surface area contributed by atoms with E-state index in [0.717, 1.165) is 30.6 Å². The number of nitrogens with zero attached hydrogens (tertiary/aromatic N) is 1. The Bertz CT molecular complexity index is 462. The van der Waals surface area contributed by atoms with Gasteiger partial charge in [-0.15, -0.1) is 0 Å². The summed E-state index contributed by atoms with van der Waals surface area (Å²) in [4.78, 5) is 16.4. The van der Waals surface area contributed by atoms with E-state index in [0.29, 0.717) is 6.04 Å². The number of ether oxygens (including phenoxy) is 1. The smallest absolute Gasteiger partial charge is 0.309 e. The molecule has 1 aliphatic rings. The highest BCUT2D eigenvalue weighted by molar-refractivity contribution is 5.73. The summed E-state index contributed by atoms with van der Waals surface area (Å²) >= 11 is 0. The maximum atomic E-state index is 12.0. The quantitative estimate of drug-likeness (QED) is 0.860. The van der Waals surface area contributed by atoms with Gasteiger partial charge in [0.1, 0.15) is 11.4 Å². The van der Waals surface area contributed by atoms with Gasteiger partial charge in [-0.05, 0) is 58.6 Å². The van der Waals surface area contributed by atoms with Gasteiger partial charge in [-0.2, -0.15) is 0 Å². The maximum absolute atomic E-state index is 12.0. The van der Waals surface area contributed by atoms with Gasteiger partial charge in [-0.25, -0.2) is 4.98 Å². The highest BCUT2D eigenvalue weighted by Gasteiger charge is 2.33. The predicted molar refractivity (Wildman–Crippen MR) is 79.6 cm³/mol. The molecular formula is C16H24N2O2. The van der Waals surface area contributed by atoms with E-state index in [9.17, 15) is 4.79 Å². The molecule has 1 fully saturated rings. The van der Waals surface area contributed by atoms with Crippen LogP contribution in [0.1, 0.15) is 45.6 Å². The molecule has 2 rings (SSSR count). The summed E-state index contributed by atoms with van der Waals surface area (Å²) in [6.45, 7) is 7.74. The van der Waals surface area contributed by atoms with Crippen LogP contribution in [0.2, 0.25) is 0 Å². The van der Waals surface area contributed by atoms with Crippen molar-refractivity contribution in [1.82, 2.24) is 4.98 Å². The van der Waals surface area contributed by atoms with Gasteiger partial charge in [-0.3, -0.25) is 4.79 Å². The SMILES string of the molecule is Cc1ccc(N[C@H]2CC[C@@H](C(=O)OC(C)(C)C)C2)nc1. The molecule has 4 heteroatoms. The molecule has 1 N–H and O–H groups in total. The van der Waals surface area contributed by atoms with Crippen LogP contribution in [0, 0.1) is 12.8 Å². The number of aromatic nitrogens is 1. The third-order valence-electron chi connectivity index (χ3n) is 3.44. The zero-order chi connectivity index (χ0) is 14.8. The van der Waals surface area contributed by atoms with Gasteiger partial charge in [0.05, 0.1) is 5.92 Å². The van der Waals surface area contributed by atoms with Crippen LogP contribution >= 0.6 is 0 Å². The Morgan fingerprint density at radius 3 is 2.70 bits per heavy atom. The fourth-order valence-corrected chi connectivity index (χ4v) is 2.47. The second kappa shape index (κ2) is 5.81. The average Bonchev–Trinajstić information content (AvgIpc) is 2.79. The first-order chi connectivity index (χ1) is 9.33. The highest BCUT2D eigenvalue weighted by atomic mass is 16.6. The van der Waals surface area contributed by atoms with E-state index >= 15 is 0 Å². The topological polar surface area (TPSA) is 51.2 Å². The first kappa shape index (κ1) is 14.8. The van der Waals surface area contributed by atoms with E-state index in [-0.39, 0.29) is 11.9 Å². The number of hydrogen-bond donors (Lipinski definition) is 1. The fraction of sp³-hybridized carbons (Fsp3) is 0.625. The Hall–Kier alpha value is -1.58. The molecule has 0 radical (unpaired) electrons. The number of aryl methyl sites for hydroxylation is 1. The van der Waals surface area contributed by atoms with Crippen LogP contribution in [0.3, 0.4) is 0 Å². The van der Waals surface area contributed by atoms with Crippen molar-refractivity contribution >= 4 is 11.8 Å². The molecule has 0 unspecified atom stereocenters. The number of carbonyl (C=O) groups is 1. The van der Waals surface area contributed by atoms with Crippen LogP contribution < -0.4 is 5.32 Å². The van der Waals surface area contributed by atoms with Crippen LogP contribution in [-0.2, 0) is 9.53 Å². The second-order valence-corrected chi connectivity index (χ2v) is 6.61. The van der Waals surface area contributed by atoms with E-state index in [2.05, 4.69) is 10.3 Å². The summed E-state index contributed by atoms with van der Waals surface area (Å²) in [6, 6.07) is 4.33. The van der Waals surface area contributed by atoms with Crippen molar-refractivity contribution in [2.24, 2.45) is 5.92 Å². The lowest BCUT2D eigenvalue weighted by atomic mass is 10.1. The zero-order valence-electron chi connectivity index (χ0n) is 12.8. The zero-order valence-corrected chi connectivity index (χ0v) is 12.8. The second-order valence-electron chi connectivity index (χ2n) is 6.61. The molecular weight excluding hydrogens is 252 g/mol. The van der Waals surface area contributed by atoms with Crippen molar-refractivity contribution in [2.75, 3.05) is 5.32 Å². The Labute approximate surface area is 120 Å². The van der Waals surface area contributed by atoms with E-state index in [1.807, 2.05) is 46.0 Å². The van der Waals surface area contributed by atoms with E-state index in [1.54, 1.807) is 0 Å². The molecule has 0 bridgehead atoms. The van der Waals surface area contributed by atoms with Crippen LogP contribution in [0.5, 0.6) is 0 Å².